The third kappa shape index (κ3) is 3.89. The number of hydrogen-bond donors (Lipinski definition) is 0. The molecule has 4 rings (SSSR count). The molecule has 0 amide bonds. The van der Waals surface area contributed by atoms with Crippen molar-refractivity contribution >= 4 is 15.9 Å². The number of aromatic nitrogens is 3. The number of rotatable bonds is 7. The van der Waals surface area contributed by atoms with Crippen LogP contribution in [0.4, 0.5) is 0 Å². The first kappa shape index (κ1) is 18.5. The molecule has 8 nitrogen and oxygen atoms in total. The van der Waals surface area contributed by atoms with E-state index in [0.717, 1.165) is 27.1 Å². The smallest absolute Gasteiger partial charge is 0.316 e. The summed E-state index contributed by atoms with van der Waals surface area (Å²) in [5, 5.41) is 4.10. The van der Waals surface area contributed by atoms with Crippen LogP contribution in [0.1, 0.15) is 25.5 Å². The zero-order chi connectivity index (χ0) is 19.5. The third-order valence-corrected chi connectivity index (χ3v) is 4.43. The Labute approximate surface area is 169 Å². The average molecular weight is 448 g/mol. The van der Waals surface area contributed by atoms with Crippen LogP contribution in [0.2, 0.25) is 0 Å². The molecule has 28 heavy (non-hydrogen) atoms. The van der Waals surface area contributed by atoms with Gasteiger partial charge in [0.2, 0.25) is 6.79 Å². The van der Waals surface area contributed by atoms with E-state index in [1.165, 1.54) is 0 Å². The number of benzene rings is 1. The van der Waals surface area contributed by atoms with Crippen LogP contribution in [0.3, 0.4) is 0 Å². The third-order valence-electron chi connectivity index (χ3n) is 4.02. The van der Waals surface area contributed by atoms with E-state index in [2.05, 4.69) is 31.1 Å². The molecular weight excluding hydrogens is 430 g/mol. The highest BCUT2D eigenvalue weighted by atomic mass is 79.9. The largest absolute Gasteiger partial charge is 0.471 e. The first-order chi connectivity index (χ1) is 13.6. The maximum absolute atomic E-state index is 5.82. The summed E-state index contributed by atoms with van der Waals surface area (Å²) >= 11 is 3.28. The van der Waals surface area contributed by atoms with E-state index in [0.29, 0.717) is 11.6 Å². The van der Waals surface area contributed by atoms with E-state index >= 15 is 0 Å². The Hall–Kier alpha value is -2.81. The predicted octanol–water partition coefficient (Wildman–Crippen LogP) is 4.20. The maximum atomic E-state index is 5.82. The summed E-state index contributed by atoms with van der Waals surface area (Å²) in [6, 6.07) is 5.99. The van der Waals surface area contributed by atoms with E-state index in [1.807, 2.05) is 32.0 Å². The van der Waals surface area contributed by atoms with E-state index < -0.39 is 0 Å². The van der Waals surface area contributed by atoms with Gasteiger partial charge in [0.1, 0.15) is 13.2 Å². The molecule has 2 aromatic heterocycles. The predicted molar refractivity (Wildman–Crippen MR) is 103 cm³/mol. The van der Waals surface area contributed by atoms with E-state index in [1.54, 1.807) is 12.4 Å². The van der Waals surface area contributed by atoms with Gasteiger partial charge in [-0.3, -0.25) is 0 Å². The van der Waals surface area contributed by atoms with Crippen LogP contribution in [0, 0.1) is 0 Å². The Balaban J connectivity index is 1.49. The quantitative estimate of drug-likeness (QED) is 0.497. The standard InChI is InChI=1S/C19H18BrN3O5/c1-11(2)17-16(12-3-4-14-15(7-12)27-10-26-14)18(23-28-17)24-5-6-25-19-21-8-13(20)9-22-19/h3-4,7-9,11H,5-6,10H2,1-2H3. The molecule has 9 heteroatoms. The molecule has 0 aliphatic carbocycles. The van der Waals surface area contributed by atoms with Crippen molar-refractivity contribution in [1.29, 1.82) is 0 Å². The second-order valence-electron chi connectivity index (χ2n) is 6.33. The Kier molecular flexibility index (Phi) is 5.34. The lowest BCUT2D eigenvalue weighted by molar-refractivity contribution is 0.174. The highest BCUT2D eigenvalue weighted by Crippen LogP contribution is 2.41. The van der Waals surface area contributed by atoms with Crippen molar-refractivity contribution in [1.82, 2.24) is 15.1 Å². The lowest BCUT2D eigenvalue weighted by atomic mass is 10.00. The van der Waals surface area contributed by atoms with E-state index in [9.17, 15) is 0 Å². The van der Waals surface area contributed by atoms with Crippen LogP contribution in [0.25, 0.3) is 11.1 Å². The molecule has 0 radical (unpaired) electrons. The Morgan fingerprint density at radius 2 is 1.82 bits per heavy atom. The van der Waals surface area contributed by atoms with Crippen LogP contribution in [0.5, 0.6) is 23.4 Å². The molecule has 0 N–H and O–H groups in total. The average Bonchev–Trinajstić information content (AvgIpc) is 3.32. The summed E-state index contributed by atoms with van der Waals surface area (Å²) in [5.74, 6) is 2.69. The highest BCUT2D eigenvalue weighted by Gasteiger charge is 2.24. The molecule has 3 heterocycles. The monoisotopic (exact) mass is 447 g/mol. The van der Waals surface area contributed by atoms with Gasteiger partial charge in [-0.2, -0.15) is 0 Å². The van der Waals surface area contributed by atoms with Crippen molar-refractivity contribution in [2.75, 3.05) is 20.0 Å². The molecule has 3 aromatic rings. The summed E-state index contributed by atoms with van der Waals surface area (Å²) in [5.41, 5.74) is 1.69. The number of fused-ring (bicyclic) bond motifs is 1. The first-order valence-electron chi connectivity index (χ1n) is 8.74. The number of ether oxygens (including phenoxy) is 4. The molecule has 0 saturated heterocycles. The zero-order valence-electron chi connectivity index (χ0n) is 15.3. The van der Waals surface area contributed by atoms with Crippen LogP contribution >= 0.6 is 15.9 Å². The van der Waals surface area contributed by atoms with Crippen molar-refractivity contribution in [2.24, 2.45) is 0 Å². The van der Waals surface area contributed by atoms with Crippen molar-refractivity contribution in [2.45, 2.75) is 19.8 Å². The fourth-order valence-electron chi connectivity index (χ4n) is 2.74. The SMILES string of the molecule is CC(C)c1onc(OCCOc2ncc(Br)cn2)c1-c1ccc2c(c1)OCO2. The Morgan fingerprint density at radius 1 is 1.07 bits per heavy atom. The molecule has 0 saturated carbocycles. The fraction of sp³-hybridized carbons (Fsp3) is 0.316. The van der Waals surface area contributed by atoms with Crippen molar-refractivity contribution in [3.63, 3.8) is 0 Å². The number of halogens is 1. The molecule has 0 bridgehead atoms. The normalized spacial score (nSPS) is 12.4. The van der Waals surface area contributed by atoms with Crippen molar-refractivity contribution in [3.8, 4) is 34.5 Å². The van der Waals surface area contributed by atoms with Crippen molar-refractivity contribution < 1.29 is 23.5 Å². The van der Waals surface area contributed by atoms with Gasteiger partial charge in [0.25, 0.3) is 5.88 Å². The van der Waals surface area contributed by atoms with Crippen LogP contribution in [0.15, 0.2) is 39.6 Å². The second-order valence-corrected chi connectivity index (χ2v) is 7.25. The Bertz CT molecular complexity index is 959. The van der Waals surface area contributed by atoms with Gasteiger partial charge in [0.15, 0.2) is 17.3 Å². The van der Waals surface area contributed by atoms with Crippen molar-refractivity contribution in [3.05, 3.63) is 40.8 Å². The van der Waals surface area contributed by atoms with Gasteiger partial charge in [-0.15, -0.1) is 0 Å². The minimum Gasteiger partial charge on any atom is -0.471 e. The van der Waals surface area contributed by atoms with Crippen LogP contribution in [-0.4, -0.2) is 35.1 Å². The highest BCUT2D eigenvalue weighted by molar-refractivity contribution is 9.10. The summed E-state index contributed by atoms with van der Waals surface area (Å²) in [4.78, 5) is 8.11. The molecule has 1 aromatic carbocycles. The summed E-state index contributed by atoms with van der Waals surface area (Å²) in [6.07, 6.45) is 3.24. The van der Waals surface area contributed by atoms with Gasteiger partial charge >= 0.3 is 6.01 Å². The maximum Gasteiger partial charge on any atom is 0.316 e. The second kappa shape index (κ2) is 8.05. The fourth-order valence-corrected chi connectivity index (χ4v) is 2.95. The van der Waals surface area contributed by atoms with Gasteiger partial charge in [0, 0.05) is 18.3 Å². The molecule has 0 spiro atoms. The first-order valence-corrected chi connectivity index (χ1v) is 9.54. The van der Waals surface area contributed by atoms with Gasteiger partial charge < -0.3 is 23.5 Å². The van der Waals surface area contributed by atoms with Gasteiger partial charge in [0.05, 0.1) is 10.0 Å². The zero-order valence-corrected chi connectivity index (χ0v) is 16.9. The molecule has 0 fully saturated rings. The summed E-state index contributed by atoms with van der Waals surface area (Å²) in [6.45, 7) is 4.83. The number of nitrogens with zero attached hydrogens (tertiary/aromatic N) is 3. The topological polar surface area (TPSA) is 88.7 Å². The van der Waals surface area contributed by atoms with Gasteiger partial charge in [-0.05, 0) is 38.8 Å². The molecular formula is C19H18BrN3O5. The van der Waals surface area contributed by atoms with Gasteiger partial charge in [-0.25, -0.2) is 9.97 Å². The minimum atomic E-state index is 0.137. The van der Waals surface area contributed by atoms with Crippen LogP contribution in [-0.2, 0) is 0 Å². The lowest BCUT2D eigenvalue weighted by Gasteiger charge is -2.09. The molecule has 1 aliphatic heterocycles. The summed E-state index contributed by atoms with van der Waals surface area (Å²) in [7, 11) is 0. The summed E-state index contributed by atoms with van der Waals surface area (Å²) < 4.78 is 28.5. The van der Waals surface area contributed by atoms with Crippen LogP contribution < -0.4 is 18.9 Å². The Morgan fingerprint density at radius 3 is 2.61 bits per heavy atom. The molecule has 0 unspecified atom stereocenters. The molecule has 0 atom stereocenters. The molecule has 146 valence electrons. The molecule has 1 aliphatic rings. The van der Waals surface area contributed by atoms with Gasteiger partial charge in [-0.1, -0.05) is 19.9 Å². The minimum absolute atomic E-state index is 0.137. The number of hydrogen-bond acceptors (Lipinski definition) is 8. The lowest BCUT2D eigenvalue weighted by Crippen LogP contribution is -2.11. The van der Waals surface area contributed by atoms with E-state index in [-0.39, 0.29) is 31.9 Å². The van der Waals surface area contributed by atoms with E-state index in [4.69, 9.17) is 23.5 Å².